The van der Waals surface area contributed by atoms with Crippen LogP contribution < -0.4 is 5.32 Å². The number of carbonyl (C=O) groups excluding carboxylic acids is 1. The maximum absolute atomic E-state index is 12.7. The summed E-state index contributed by atoms with van der Waals surface area (Å²) >= 11 is 5.96. The second-order valence-corrected chi connectivity index (χ2v) is 7.14. The summed E-state index contributed by atoms with van der Waals surface area (Å²) in [6.07, 6.45) is 4.88. The van der Waals surface area contributed by atoms with Crippen molar-refractivity contribution >= 4 is 17.5 Å². The highest BCUT2D eigenvalue weighted by Gasteiger charge is 2.37. The summed E-state index contributed by atoms with van der Waals surface area (Å²) in [6, 6.07) is 8.18. The Labute approximate surface area is 138 Å². The highest BCUT2D eigenvalue weighted by atomic mass is 35.5. The van der Waals surface area contributed by atoms with Gasteiger partial charge in [0.15, 0.2) is 0 Å². The van der Waals surface area contributed by atoms with E-state index in [2.05, 4.69) is 17.1 Å². The minimum atomic E-state index is -0.0111. The Balaban J connectivity index is 1.59. The highest BCUT2D eigenvalue weighted by Crippen LogP contribution is 2.42. The number of nitrogens with one attached hydrogen (secondary N) is 1. The van der Waals surface area contributed by atoms with Crippen LogP contribution in [0.25, 0.3) is 0 Å². The molecule has 1 aromatic rings. The van der Waals surface area contributed by atoms with Gasteiger partial charge < -0.3 is 5.32 Å². The number of hydrogen-bond acceptors (Lipinski definition) is 2. The van der Waals surface area contributed by atoms with Gasteiger partial charge in [0.05, 0.1) is 5.92 Å². The van der Waals surface area contributed by atoms with E-state index < -0.39 is 0 Å². The average Bonchev–Trinajstić information content (AvgIpc) is 3.18. The van der Waals surface area contributed by atoms with E-state index in [0.29, 0.717) is 12.0 Å². The number of hydrogen-bond donors (Lipinski definition) is 1. The molecule has 1 saturated carbocycles. The van der Waals surface area contributed by atoms with Gasteiger partial charge in [0.25, 0.3) is 0 Å². The summed E-state index contributed by atoms with van der Waals surface area (Å²) in [7, 11) is 0. The maximum atomic E-state index is 12.7. The molecule has 2 unspecified atom stereocenters. The zero-order chi connectivity index (χ0) is 15.5. The molecule has 1 amide bonds. The fourth-order valence-corrected chi connectivity index (χ4v) is 3.53. The average molecular weight is 321 g/mol. The van der Waals surface area contributed by atoms with Crippen molar-refractivity contribution in [2.24, 2.45) is 5.92 Å². The number of carbonyl (C=O) groups is 1. The van der Waals surface area contributed by atoms with E-state index in [1.54, 1.807) is 0 Å². The summed E-state index contributed by atoms with van der Waals surface area (Å²) in [5.74, 6) is 0.669. The molecule has 1 heterocycles. The Kier molecular flexibility index (Phi) is 5.04. The Bertz CT molecular complexity index is 506. The van der Waals surface area contributed by atoms with Gasteiger partial charge >= 0.3 is 0 Å². The third-order valence-electron chi connectivity index (χ3n) is 4.94. The van der Waals surface area contributed by atoms with Gasteiger partial charge in [-0.1, -0.05) is 23.7 Å². The van der Waals surface area contributed by atoms with Crippen LogP contribution in [-0.4, -0.2) is 36.5 Å². The van der Waals surface area contributed by atoms with Gasteiger partial charge in [0.2, 0.25) is 5.91 Å². The van der Waals surface area contributed by atoms with Crippen LogP contribution in [0.2, 0.25) is 5.02 Å². The molecule has 3 nitrogen and oxygen atoms in total. The third-order valence-corrected chi connectivity index (χ3v) is 5.19. The van der Waals surface area contributed by atoms with Crippen molar-refractivity contribution in [3.05, 3.63) is 34.9 Å². The quantitative estimate of drug-likeness (QED) is 0.871. The summed E-state index contributed by atoms with van der Waals surface area (Å²) in [6.45, 7) is 5.29. The van der Waals surface area contributed by atoms with Gasteiger partial charge in [-0.25, -0.2) is 0 Å². The van der Waals surface area contributed by atoms with Gasteiger partial charge in [-0.2, -0.15) is 0 Å². The summed E-state index contributed by atoms with van der Waals surface area (Å²) < 4.78 is 0. The van der Waals surface area contributed by atoms with Crippen molar-refractivity contribution in [2.75, 3.05) is 19.6 Å². The first-order valence-corrected chi connectivity index (χ1v) is 8.80. The molecule has 0 spiro atoms. The van der Waals surface area contributed by atoms with Crippen LogP contribution in [0.5, 0.6) is 0 Å². The molecule has 0 aromatic heterocycles. The molecule has 2 fully saturated rings. The van der Waals surface area contributed by atoms with E-state index in [4.69, 9.17) is 11.6 Å². The zero-order valence-corrected chi connectivity index (χ0v) is 14.0. The molecule has 1 aliphatic carbocycles. The van der Waals surface area contributed by atoms with Gasteiger partial charge in [0.1, 0.15) is 0 Å². The maximum Gasteiger partial charge on any atom is 0.227 e. The van der Waals surface area contributed by atoms with Crippen LogP contribution in [0.15, 0.2) is 24.3 Å². The van der Waals surface area contributed by atoms with Crippen molar-refractivity contribution in [1.82, 2.24) is 10.2 Å². The monoisotopic (exact) mass is 320 g/mol. The predicted molar refractivity (Wildman–Crippen MR) is 90.2 cm³/mol. The zero-order valence-electron chi connectivity index (χ0n) is 13.2. The highest BCUT2D eigenvalue weighted by molar-refractivity contribution is 6.30. The Morgan fingerprint density at radius 1 is 1.27 bits per heavy atom. The van der Waals surface area contributed by atoms with Gasteiger partial charge in [-0.05, 0) is 69.3 Å². The lowest BCUT2D eigenvalue weighted by molar-refractivity contribution is -0.123. The van der Waals surface area contributed by atoms with Crippen molar-refractivity contribution in [2.45, 2.75) is 44.6 Å². The lowest BCUT2D eigenvalue weighted by atomic mass is 9.93. The van der Waals surface area contributed by atoms with E-state index >= 15 is 0 Å². The second-order valence-electron chi connectivity index (χ2n) is 6.70. The Morgan fingerprint density at radius 3 is 2.50 bits per heavy atom. The number of halogens is 1. The molecule has 2 aliphatic rings. The normalized spacial score (nSPS) is 21.5. The fraction of sp³-hybridized carbons (Fsp3) is 0.611. The van der Waals surface area contributed by atoms with E-state index in [-0.39, 0.29) is 11.8 Å². The molecule has 0 bridgehead atoms. The molecule has 4 heteroatoms. The van der Waals surface area contributed by atoms with Gasteiger partial charge in [0, 0.05) is 17.6 Å². The smallest absolute Gasteiger partial charge is 0.227 e. The molecule has 2 atom stereocenters. The fourth-order valence-electron chi connectivity index (χ4n) is 3.41. The lowest BCUT2D eigenvalue weighted by Crippen LogP contribution is -2.42. The van der Waals surface area contributed by atoms with Crippen LogP contribution in [0.3, 0.4) is 0 Å². The molecule has 22 heavy (non-hydrogen) atoms. The van der Waals surface area contributed by atoms with Crippen LogP contribution in [0.4, 0.5) is 0 Å². The molecular formula is C18H25ClN2O. The molecular weight excluding hydrogens is 296 g/mol. The van der Waals surface area contributed by atoms with E-state index in [1.807, 2.05) is 24.3 Å². The second kappa shape index (κ2) is 7.01. The largest absolute Gasteiger partial charge is 0.354 e. The van der Waals surface area contributed by atoms with Crippen molar-refractivity contribution in [3.8, 4) is 0 Å². The van der Waals surface area contributed by atoms with E-state index in [9.17, 15) is 4.79 Å². The van der Waals surface area contributed by atoms with Gasteiger partial charge in [-0.15, -0.1) is 0 Å². The third kappa shape index (κ3) is 3.82. The number of likely N-dealkylation sites (tertiary alicyclic amines) is 1. The molecule has 1 N–H and O–H groups in total. The molecule has 1 saturated heterocycles. The molecule has 3 rings (SSSR count). The van der Waals surface area contributed by atoms with E-state index in [0.717, 1.165) is 30.0 Å². The molecule has 120 valence electrons. The topological polar surface area (TPSA) is 32.3 Å². The van der Waals surface area contributed by atoms with Crippen LogP contribution in [0, 0.1) is 5.92 Å². The van der Waals surface area contributed by atoms with Crippen molar-refractivity contribution in [1.29, 1.82) is 0 Å². The summed E-state index contributed by atoms with van der Waals surface area (Å²) in [5.41, 5.74) is 1.10. The Hall–Kier alpha value is -1.06. The van der Waals surface area contributed by atoms with Crippen molar-refractivity contribution < 1.29 is 4.79 Å². The Morgan fingerprint density at radius 2 is 1.91 bits per heavy atom. The number of nitrogens with zero attached hydrogens (tertiary/aromatic N) is 1. The number of rotatable bonds is 6. The standard InChI is InChI=1S/C18H25ClN2O/c1-13(21-10-2-3-11-21)12-20-18(22)17(14-4-5-14)15-6-8-16(19)9-7-15/h6-9,13-14,17H,2-5,10-12H2,1H3,(H,20,22). The predicted octanol–water partition coefficient (Wildman–Crippen LogP) is 3.43. The minimum Gasteiger partial charge on any atom is -0.354 e. The van der Waals surface area contributed by atoms with Crippen molar-refractivity contribution in [3.63, 3.8) is 0 Å². The number of benzene rings is 1. The molecule has 0 radical (unpaired) electrons. The lowest BCUT2D eigenvalue weighted by Gasteiger charge is -2.25. The van der Waals surface area contributed by atoms with Crippen LogP contribution >= 0.6 is 11.6 Å². The number of amides is 1. The van der Waals surface area contributed by atoms with Gasteiger partial charge in [-0.3, -0.25) is 9.69 Å². The first-order valence-electron chi connectivity index (χ1n) is 8.42. The first kappa shape index (κ1) is 15.8. The molecule has 1 aromatic carbocycles. The van der Waals surface area contributed by atoms with Crippen LogP contribution in [0.1, 0.15) is 44.1 Å². The first-order chi connectivity index (χ1) is 10.6. The summed E-state index contributed by atoms with van der Waals surface area (Å²) in [4.78, 5) is 15.1. The van der Waals surface area contributed by atoms with E-state index in [1.165, 1.54) is 25.9 Å². The minimum absolute atomic E-state index is 0.0111. The molecule has 1 aliphatic heterocycles. The SMILES string of the molecule is CC(CNC(=O)C(c1ccc(Cl)cc1)C1CC1)N1CCCC1. The summed E-state index contributed by atoms with van der Waals surface area (Å²) in [5, 5.41) is 3.90. The van der Waals surface area contributed by atoms with Crippen LogP contribution in [-0.2, 0) is 4.79 Å².